The van der Waals surface area contributed by atoms with Crippen molar-refractivity contribution in [2.24, 2.45) is 0 Å². The third-order valence-electron chi connectivity index (χ3n) is 2.22. The molecule has 1 aliphatic heterocycles. The minimum Gasteiger partial charge on any atom is -0.347 e. The number of nitrogens with zero attached hydrogens (tertiary/aromatic N) is 1. The van der Waals surface area contributed by atoms with Crippen molar-refractivity contribution in [3.63, 3.8) is 0 Å². The van der Waals surface area contributed by atoms with Crippen LogP contribution in [0.3, 0.4) is 0 Å². The van der Waals surface area contributed by atoms with E-state index in [1.165, 1.54) is 17.2 Å². The summed E-state index contributed by atoms with van der Waals surface area (Å²) in [6, 6.07) is 1.95. The van der Waals surface area contributed by atoms with Crippen LogP contribution in [0.1, 0.15) is 24.4 Å². The Morgan fingerprint density at radius 2 is 2.46 bits per heavy atom. The summed E-state index contributed by atoms with van der Waals surface area (Å²) < 4.78 is 0.725. The third-order valence-corrected chi connectivity index (χ3v) is 3.71. The smallest absolute Gasteiger partial charge is 0.130 e. The lowest BCUT2D eigenvalue weighted by atomic mass is 10.2. The van der Waals surface area contributed by atoms with Gasteiger partial charge in [0.25, 0.3) is 0 Å². The predicted molar refractivity (Wildman–Crippen MR) is 58.9 cm³/mol. The molecule has 1 saturated heterocycles. The van der Waals surface area contributed by atoms with Crippen molar-refractivity contribution in [2.75, 3.05) is 11.5 Å². The topological polar surface area (TPSA) is 28.7 Å². The highest BCUT2D eigenvalue weighted by Gasteiger charge is 2.22. The van der Waals surface area contributed by atoms with Crippen LogP contribution in [-0.2, 0) is 6.42 Å². The molecule has 4 heteroatoms. The van der Waals surface area contributed by atoms with E-state index in [-0.39, 0.29) is 0 Å². The van der Waals surface area contributed by atoms with Gasteiger partial charge in [-0.1, -0.05) is 19.1 Å². The van der Waals surface area contributed by atoms with Crippen molar-refractivity contribution in [3.8, 4) is 0 Å². The first kappa shape index (κ1) is 9.21. The molecule has 1 aromatic rings. The summed E-state index contributed by atoms with van der Waals surface area (Å²) in [4.78, 5) is 7.70. The van der Waals surface area contributed by atoms with Crippen LogP contribution in [0.25, 0.3) is 0 Å². The van der Waals surface area contributed by atoms with Gasteiger partial charge in [0.05, 0.1) is 0 Å². The summed E-state index contributed by atoms with van der Waals surface area (Å²) in [6.45, 7) is 2.12. The first-order chi connectivity index (χ1) is 6.29. The standard InChI is InChI=1S/C9H12N2S2/c1-2-7-3-8(12)11-9(10-7)6-4-13-5-6/h3,6H,2,4-5H2,1H3,(H,10,11,12). The SMILES string of the molecule is CCc1cc(=S)nc(C2CSC2)[nH]1. The predicted octanol–water partition coefficient (Wildman–Crippen LogP) is 2.53. The molecule has 0 saturated carbocycles. The molecular weight excluding hydrogens is 200 g/mol. The molecule has 2 nitrogen and oxygen atoms in total. The van der Waals surface area contributed by atoms with E-state index < -0.39 is 0 Å². The Labute approximate surface area is 87.2 Å². The highest BCUT2D eigenvalue weighted by molar-refractivity contribution is 8.00. The minimum atomic E-state index is 0.609. The molecule has 0 aliphatic carbocycles. The lowest BCUT2D eigenvalue weighted by molar-refractivity contribution is 0.746. The zero-order valence-corrected chi connectivity index (χ0v) is 9.17. The van der Waals surface area contributed by atoms with Crippen molar-refractivity contribution < 1.29 is 0 Å². The van der Waals surface area contributed by atoms with Gasteiger partial charge in [-0.15, -0.1) is 0 Å². The number of aryl methyl sites for hydroxylation is 1. The normalized spacial score (nSPS) is 17.0. The van der Waals surface area contributed by atoms with Crippen LogP contribution in [0.5, 0.6) is 0 Å². The molecular formula is C9H12N2S2. The van der Waals surface area contributed by atoms with E-state index in [1.807, 2.05) is 17.8 Å². The van der Waals surface area contributed by atoms with Gasteiger partial charge < -0.3 is 4.98 Å². The van der Waals surface area contributed by atoms with Crippen LogP contribution in [0.15, 0.2) is 6.07 Å². The summed E-state index contributed by atoms with van der Waals surface area (Å²) in [7, 11) is 0. The zero-order chi connectivity index (χ0) is 9.26. The first-order valence-corrected chi connectivity index (χ1v) is 6.03. The monoisotopic (exact) mass is 212 g/mol. The van der Waals surface area contributed by atoms with Crippen LogP contribution in [-0.4, -0.2) is 21.5 Å². The van der Waals surface area contributed by atoms with Gasteiger partial charge in [0.15, 0.2) is 0 Å². The maximum Gasteiger partial charge on any atom is 0.130 e. The molecule has 70 valence electrons. The zero-order valence-electron chi connectivity index (χ0n) is 7.54. The Balaban J connectivity index is 2.34. The average Bonchev–Trinajstić information content (AvgIpc) is 2.00. The van der Waals surface area contributed by atoms with E-state index in [4.69, 9.17) is 12.2 Å². The first-order valence-electron chi connectivity index (χ1n) is 4.47. The molecule has 1 fully saturated rings. The van der Waals surface area contributed by atoms with Crippen LogP contribution >= 0.6 is 24.0 Å². The Bertz CT molecular complexity index is 355. The van der Waals surface area contributed by atoms with Crippen LogP contribution in [0, 0.1) is 4.64 Å². The second-order valence-electron chi connectivity index (χ2n) is 3.22. The molecule has 2 heterocycles. The van der Waals surface area contributed by atoms with E-state index in [9.17, 15) is 0 Å². The van der Waals surface area contributed by atoms with Gasteiger partial charge in [-0.2, -0.15) is 11.8 Å². The van der Waals surface area contributed by atoms with Crippen molar-refractivity contribution in [1.29, 1.82) is 0 Å². The van der Waals surface area contributed by atoms with Gasteiger partial charge >= 0.3 is 0 Å². The van der Waals surface area contributed by atoms with Crippen molar-refractivity contribution in [1.82, 2.24) is 9.97 Å². The van der Waals surface area contributed by atoms with Gasteiger partial charge in [0.2, 0.25) is 0 Å². The van der Waals surface area contributed by atoms with E-state index in [0.29, 0.717) is 5.92 Å². The number of nitrogens with one attached hydrogen (secondary N) is 1. The van der Waals surface area contributed by atoms with Gasteiger partial charge in [0, 0.05) is 23.1 Å². The van der Waals surface area contributed by atoms with E-state index in [0.717, 1.165) is 16.9 Å². The van der Waals surface area contributed by atoms with E-state index in [1.54, 1.807) is 0 Å². The largest absolute Gasteiger partial charge is 0.347 e. The fraction of sp³-hybridized carbons (Fsp3) is 0.556. The molecule has 1 N–H and O–H groups in total. The lowest BCUT2D eigenvalue weighted by Gasteiger charge is -2.24. The molecule has 0 unspecified atom stereocenters. The summed E-state index contributed by atoms with van der Waals surface area (Å²) in [5.74, 6) is 4.07. The van der Waals surface area contributed by atoms with Crippen molar-refractivity contribution in [3.05, 3.63) is 22.2 Å². The number of aromatic amines is 1. The Morgan fingerprint density at radius 3 is 3.00 bits per heavy atom. The van der Waals surface area contributed by atoms with Crippen LogP contribution < -0.4 is 0 Å². The third kappa shape index (κ3) is 1.94. The van der Waals surface area contributed by atoms with Gasteiger partial charge in [-0.25, -0.2) is 4.98 Å². The highest BCUT2D eigenvalue weighted by Crippen LogP contribution is 2.31. The fourth-order valence-electron chi connectivity index (χ4n) is 1.31. The quantitative estimate of drug-likeness (QED) is 0.764. The van der Waals surface area contributed by atoms with Gasteiger partial charge in [0.1, 0.15) is 10.5 Å². The van der Waals surface area contributed by atoms with Crippen molar-refractivity contribution >= 4 is 24.0 Å². The van der Waals surface area contributed by atoms with E-state index >= 15 is 0 Å². The summed E-state index contributed by atoms with van der Waals surface area (Å²) >= 11 is 7.07. The molecule has 0 atom stereocenters. The molecule has 0 radical (unpaired) electrons. The number of hydrogen-bond acceptors (Lipinski definition) is 3. The summed E-state index contributed by atoms with van der Waals surface area (Å²) in [5, 5.41) is 0. The second kappa shape index (κ2) is 3.80. The molecule has 0 amide bonds. The van der Waals surface area contributed by atoms with E-state index in [2.05, 4.69) is 16.9 Å². The number of thioether (sulfide) groups is 1. The van der Waals surface area contributed by atoms with Gasteiger partial charge in [-0.3, -0.25) is 0 Å². The lowest BCUT2D eigenvalue weighted by Crippen LogP contribution is -2.19. The molecule has 2 rings (SSSR count). The second-order valence-corrected chi connectivity index (χ2v) is 4.71. The molecule has 1 aromatic heterocycles. The number of rotatable bonds is 2. The molecule has 1 aliphatic rings. The molecule has 13 heavy (non-hydrogen) atoms. The summed E-state index contributed by atoms with van der Waals surface area (Å²) in [6.07, 6.45) is 0.999. The maximum atomic E-state index is 5.11. The average molecular weight is 212 g/mol. The number of H-pyrrole nitrogens is 1. The highest BCUT2D eigenvalue weighted by atomic mass is 32.2. The number of aromatic nitrogens is 2. The van der Waals surface area contributed by atoms with Crippen molar-refractivity contribution in [2.45, 2.75) is 19.3 Å². The van der Waals surface area contributed by atoms with Gasteiger partial charge in [-0.05, 0) is 12.5 Å². The Kier molecular flexibility index (Phi) is 2.69. The molecule has 0 aromatic carbocycles. The summed E-state index contributed by atoms with van der Waals surface area (Å²) in [5.41, 5.74) is 1.20. The molecule has 0 spiro atoms. The Morgan fingerprint density at radius 1 is 1.69 bits per heavy atom. The van der Waals surface area contributed by atoms with Crippen LogP contribution in [0.4, 0.5) is 0 Å². The fourth-order valence-corrected chi connectivity index (χ4v) is 2.33. The van der Waals surface area contributed by atoms with Crippen LogP contribution in [0.2, 0.25) is 0 Å². The number of hydrogen-bond donors (Lipinski definition) is 1. The Hall–Kier alpha value is -0.350. The maximum absolute atomic E-state index is 5.11. The molecule has 0 bridgehead atoms. The minimum absolute atomic E-state index is 0.609.